The van der Waals surface area contributed by atoms with E-state index in [1.165, 1.54) is 18.2 Å². The average Bonchev–Trinajstić information content (AvgIpc) is 2.92. The number of ether oxygens (including phenoxy) is 1. The maximum atomic E-state index is 11.0. The van der Waals surface area contributed by atoms with E-state index in [1.54, 1.807) is 12.5 Å². The molecule has 0 saturated carbocycles. The number of nitrogens with zero attached hydrogens (tertiary/aromatic N) is 3. The van der Waals surface area contributed by atoms with Gasteiger partial charge < -0.3 is 9.30 Å². The van der Waals surface area contributed by atoms with Crippen LogP contribution in [0.2, 0.25) is 0 Å². The van der Waals surface area contributed by atoms with E-state index in [1.807, 2.05) is 11.5 Å². The third-order valence-electron chi connectivity index (χ3n) is 2.96. The van der Waals surface area contributed by atoms with Crippen LogP contribution in [0.15, 0.2) is 30.7 Å². The first-order valence-corrected chi connectivity index (χ1v) is 6.51. The summed E-state index contributed by atoms with van der Waals surface area (Å²) in [4.78, 5) is 25.2. The van der Waals surface area contributed by atoms with E-state index in [0.717, 1.165) is 18.7 Å². The highest BCUT2D eigenvalue weighted by molar-refractivity contribution is 5.76. The fourth-order valence-corrected chi connectivity index (χ4v) is 1.93. The van der Waals surface area contributed by atoms with Gasteiger partial charge in [-0.05, 0) is 18.6 Å². The van der Waals surface area contributed by atoms with Crippen molar-refractivity contribution in [2.75, 3.05) is 0 Å². The van der Waals surface area contributed by atoms with E-state index < -0.39 is 4.92 Å². The second-order valence-corrected chi connectivity index (χ2v) is 4.47. The molecule has 2 aromatic rings. The zero-order chi connectivity index (χ0) is 15.2. The number of aryl methyl sites for hydroxylation is 1. The summed E-state index contributed by atoms with van der Waals surface area (Å²) < 4.78 is 7.44. The molecule has 0 fully saturated rings. The Morgan fingerprint density at radius 2 is 2.29 bits per heavy atom. The van der Waals surface area contributed by atoms with E-state index >= 15 is 0 Å². The number of benzene rings is 1. The molecule has 7 nitrogen and oxygen atoms in total. The highest BCUT2D eigenvalue weighted by atomic mass is 16.6. The monoisotopic (exact) mass is 289 g/mol. The Labute approximate surface area is 121 Å². The first-order valence-electron chi connectivity index (χ1n) is 6.51. The Hall–Kier alpha value is -2.70. The van der Waals surface area contributed by atoms with Crippen molar-refractivity contribution in [1.29, 1.82) is 0 Å². The van der Waals surface area contributed by atoms with Gasteiger partial charge in [0, 0.05) is 18.2 Å². The first kappa shape index (κ1) is 14.7. The fraction of sp³-hybridized carbons (Fsp3) is 0.286. The summed E-state index contributed by atoms with van der Waals surface area (Å²) in [6, 6.07) is 4.02. The third kappa shape index (κ3) is 3.44. The van der Waals surface area contributed by atoms with Crippen molar-refractivity contribution in [2.45, 2.75) is 26.5 Å². The number of imidazole rings is 1. The summed E-state index contributed by atoms with van der Waals surface area (Å²) in [5.74, 6) is 0.0776. The zero-order valence-electron chi connectivity index (χ0n) is 11.6. The second kappa shape index (κ2) is 6.65. The summed E-state index contributed by atoms with van der Waals surface area (Å²) in [5, 5.41) is 11.0. The Balaban J connectivity index is 2.20. The van der Waals surface area contributed by atoms with Crippen molar-refractivity contribution in [2.24, 2.45) is 0 Å². The molecule has 0 aliphatic rings. The second-order valence-electron chi connectivity index (χ2n) is 4.47. The van der Waals surface area contributed by atoms with Gasteiger partial charge in [-0.1, -0.05) is 6.92 Å². The minimum atomic E-state index is -0.534. The molecule has 0 aliphatic heterocycles. The van der Waals surface area contributed by atoms with Gasteiger partial charge in [-0.15, -0.1) is 0 Å². The molecule has 1 aromatic heterocycles. The van der Waals surface area contributed by atoms with Crippen molar-refractivity contribution in [3.63, 3.8) is 0 Å². The molecule has 21 heavy (non-hydrogen) atoms. The molecule has 0 atom stereocenters. The standard InChI is InChI=1S/C14H15N3O4/c1-2-5-16-10-15-7-12(16)9-21-14-6-11(8-18)3-4-13(14)17(19)20/h3-4,6-8,10H,2,5,9H2,1H3. The Kier molecular flexibility index (Phi) is 4.65. The molecular weight excluding hydrogens is 274 g/mol. The minimum absolute atomic E-state index is 0.0776. The molecule has 0 aliphatic carbocycles. The Morgan fingerprint density at radius 3 is 2.95 bits per heavy atom. The van der Waals surface area contributed by atoms with Crippen molar-refractivity contribution >= 4 is 12.0 Å². The summed E-state index contributed by atoms with van der Waals surface area (Å²) in [6.07, 6.45) is 4.92. The van der Waals surface area contributed by atoms with Crippen molar-refractivity contribution in [3.8, 4) is 5.75 Å². The lowest BCUT2D eigenvalue weighted by atomic mass is 10.2. The Morgan fingerprint density at radius 1 is 1.48 bits per heavy atom. The van der Waals surface area contributed by atoms with Gasteiger partial charge in [0.1, 0.15) is 12.9 Å². The molecule has 1 aromatic carbocycles. The third-order valence-corrected chi connectivity index (χ3v) is 2.96. The van der Waals surface area contributed by atoms with Crippen LogP contribution in [0.3, 0.4) is 0 Å². The number of rotatable bonds is 7. The van der Waals surface area contributed by atoms with Crippen LogP contribution >= 0.6 is 0 Å². The smallest absolute Gasteiger partial charge is 0.310 e. The van der Waals surface area contributed by atoms with Crippen LogP contribution in [0.4, 0.5) is 5.69 Å². The van der Waals surface area contributed by atoms with E-state index in [0.29, 0.717) is 11.8 Å². The van der Waals surface area contributed by atoms with Gasteiger partial charge in [0.05, 0.1) is 23.1 Å². The SMILES string of the molecule is CCCn1cncc1COc1cc(C=O)ccc1[N+](=O)[O-]. The molecule has 0 spiro atoms. The lowest BCUT2D eigenvalue weighted by Crippen LogP contribution is -2.06. The van der Waals surface area contributed by atoms with E-state index in [2.05, 4.69) is 4.98 Å². The molecule has 1 heterocycles. The molecule has 0 saturated heterocycles. The number of nitro groups is 1. The average molecular weight is 289 g/mol. The van der Waals surface area contributed by atoms with E-state index in [4.69, 9.17) is 4.74 Å². The summed E-state index contributed by atoms with van der Waals surface area (Å²) in [5.41, 5.74) is 0.988. The van der Waals surface area contributed by atoms with Crippen LogP contribution in [-0.4, -0.2) is 20.8 Å². The van der Waals surface area contributed by atoms with Gasteiger partial charge in [0.2, 0.25) is 0 Å². The van der Waals surface area contributed by atoms with Gasteiger partial charge >= 0.3 is 5.69 Å². The van der Waals surface area contributed by atoms with E-state index in [-0.39, 0.29) is 18.0 Å². The number of carbonyl (C=O) groups is 1. The summed E-state index contributed by atoms with van der Waals surface area (Å²) >= 11 is 0. The summed E-state index contributed by atoms with van der Waals surface area (Å²) in [6.45, 7) is 3.00. The van der Waals surface area contributed by atoms with Gasteiger partial charge in [0.25, 0.3) is 0 Å². The van der Waals surface area contributed by atoms with Crippen molar-refractivity contribution in [1.82, 2.24) is 9.55 Å². The van der Waals surface area contributed by atoms with E-state index in [9.17, 15) is 14.9 Å². The predicted molar refractivity (Wildman–Crippen MR) is 75.3 cm³/mol. The maximum Gasteiger partial charge on any atom is 0.310 e. The quantitative estimate of drug-likeness (QED) is 0.444. The minimum Gasteiger partial charge on any atom is -0.480 e. The summed E-state index contributed by atoms with van der Waals surface area (Å²) in [7, 11) is 0. The molecule has 2 rings (SSSR count). The molecule has 0 amide bonds. The lowest BCUT2D eigenvalue weighted by Gasteiger charge is -2.09. The number of carbonyl (C=O) groups excluding carboxylic acids is 1. The van der Waals surface area contributed by atoms with Crippen LogP contribution in [0, 0.1) is 10.1 Å². The Bertz CT molecular complexity index is 651. The van der Waals surface area contributed by atoms with Crippen molar-refractivity contribution < 1.29 is 14.5 Å². The first-order chi connectivity index (χ1) is 10.2. The highest BCUT2D eigenvalue weighted by Crippen LogP contribution is 2.28. The molecular formula is C14H15N3O4. The topological polar surface area (TPSA) is 87.3 Å². The molecule has 110 valence electrons. The fourth-order valence-electron chi connectivity index (χ4n) is 1.93. The predicted octanol–water partition coefficient (Wildman–Crippen LogP) is 2.59. The van der Waals surface area contributed by atoms with Crippen LogP contribution in [0.1, 0.15) is 29.4 Å². The number of hydrogen-bond donors (Lipinski definition) is 0. The zero-order valence-corrected chi connectivity index (χ0v) is 11.6. The molecule has 0 N–H and O–H groups in total. The van der Waals surface area contributed by atoms with Crippen LogP contribution < -0.4 is 4.74 Å². The lowest BCUT2D eigenvalue weighted by molar-refractivity contribution is -0.386. The number of hydrogen-bond acceptors (Lipinski definition) is 5. The molecule has 0 unspecified atom stereocenters. The van der Waals surface area contributed by atoms with Gasteiger partial charge in [-0.2, -0.15) is 0 Å². The van der Waals surface area contributed by atoms with Gasteiger partial charge in [-0.25, -0.2) is 4.98 Å². The number of nitro benzene ring substituents is 1. The largest absolute Gasteiger partial charge is 0.480 e. The van der Waals surface area contributed by atoms with Gasteiger partial charge in [-0.3, -0.25) is 14.9 Å². The van der Waals surface area contributed by atoms with Crippen LogP contribution in [-0.2, 0) is 13.2 Å². The van der Waals surface area contributed by atoms with Crippen LogP contribution in [0.5, 0.6) is 5.75 Å². The normalized spacial score (nSPS) is 10.3. The number of aldehydes is 1. The maximum absolute atomic E-state index is 11.0. The van der Waals surface area contributed by atoms with Gasteiger partial charge in [0.15, 0.2) is 5.75 Å². The molecule has 7 heteroatoms. The van der Waals surface area contributed by atoms with Crippen LogP contribution in [0.25, 0.3) is 0 Å². The highest BCUT2D eigenvalue weighted by Gasteiger charge is 2.16. The molecule has 0 radical (unpaired) electrons. The molecule has 0 bridgehead atoms. The number of aromatic nitrogens is 2. The van der Waals surface area contributed by atoms with Crippen molar-refractivity contribution in [3.05, 3.63) is 52.1 Å².